The van der Waals surface area contributed by atoms with Gasteiger partial charge in [-0.3, -0.25) is 4.79 Å². The number of rotatable bonds is 7. The Morgan fingerprint density at radius 3 is 2.64 bits per heavy atom. The molecule has 2 aromatic heterocycles. The number of benzene rings is 1. The van der Waals surface area contributed by atoms with Crippen LogP contribution in [0.3, 0.4) is 0 Å². The summed E-state index contributed by atoms with van der Waals surface area (Å²) in [4.78, 5) is 29.2. The monoisotopic (exact) mass is 510 g/mol. The summed E-state index contributed by atoms with van der Waals surface area (Å²) >= 11 is 0. The number of hydrogen-bond acceptors (Lipinski definition) is 6. The number of sulfonamides is 1. The summed E-state index contributed by atoms with van der Waals surface area (Å²) in [5.74, 6) is 0.105. The van der Waals surface area contributed by atoms with Crippen molar-refractivity contribution in [2.75, 3.05) is 13.1 Å². The van der Waals surface area contributed by atoms with Gasteiger partial charge in [-0.1, -0.05) is 12.1 Å². The SMILES string of the molecule is CC(C)(C)OC(=O)NC12CC1CN(S(=O)(=O)c1ccc(CCC(=O)c3ccc4nccn4c3)cc1)C2. The van der Waals surface area contributed by atoms with Gasteiger partial charge in [0.05, 0.1) is 10.4 Å². The molecular formula is C26H30N4O5S. The number of carbonyl (C=O) groups is 2. The van der Waals surface area contributed by atoms with E-state index in [1.165, 1.54) is 4.31 Å². The van der Waals surface area contributed by atoms with Gasteiger partial charge in [0.1, 0.15) is 11.2 Å². The van der Waals surface area contributed by atoms with Crippen molar-refractivity contribution in [3.8, 4) is 0 Å². The number of ketones is 1. The maximum Gasteiger partial charge on any atom is 0.408 e. The first-order valence-corrected chi connectivity index (χ1v) is 13.5. The third-order valence-corrected chi connectivity index (χ3v) is 8.60. The van der Waals surface area contributed by atoms with E-state index in [0.29, 0.717) is 24.9 Å². The number of nitrogens with one attached hydrogen (secondary N) is 1. The Hall–Kier alpha value is -3.24. The lowest BCUT2D eigenvalue weighted by molar-refractivity contribution is 0.0494. The van der Waals surface area contributed by atoms with Crippen LogP contribution < -0.4 is 5.32 Å². The van der Waals surface area contributed by atoms with E-state index in [-0.39, 0.29) is 23.1 Å². The van der Waals surface area contributed by atoms with Crippen molar-refractivity contribution in [2.24, 2.45) is 5.92 Å². The quantitative estimate of drug-likeness (QED) is 0.488. The number of fused-ring (bicyclic) bond motifs is 2. The largest absolute Gasteiger partial charge is 0.444 e. The standard InChI is InChI=1S/C26H30N4O5S/c1-25(2,3)35-24(32)28-26-14-20(26)16-30(17-26)36(33,34)21-8-4-18(5-9-21)6-10-22(31)19-7-11-23-27-12-13-29(23)15-19/h4-5,7-9,11-13,15,20H,6,10,14,16-17H2,1-3H3,(H,28,32). The topological polar surface area (TPSA) is 110 Å². The number of carbonyl (C=O) groups excluding carboxylic acids is 2. The van der Waals surface area contributed by atoms with Crippen LogP contribution in [-0.4, -0.2) is 58.2 Å². The molecule has 36 heavy (non-hydrogen) atoms. The average Bonchev–Trinajstić information content (AvgIpc) is 3.13. The number of imidazole rings is 1. The molecule has 1 aromatic carbocycles. The molecule has 0 spiro atoms. The zero-order valence-corrected chi connectivity index (χ0v) is 21.4. The maximum atomic E-state index is 13.2. The second kappa shape index (κ2) is 8.70. The van der Waals surface area contributed by atoms with Gasteiger partial charge in [0.25, 0.3) is 0 Å². The van der Waals surface area contributed by atoms with Crippen molar-refractivity contribution in [1.82, 2.24) is 19.0 Å². The molecule has 0 radical (unpaired) electrons. The molecule has 1 aliphatic heterocycles. The summed E-state index contributed by atoms with van der Waals surface area (Å²) in [5, 5.41) is 2.89. The lowest BCUT2D eigenvalue weighted by Crippen LogP contribution is -2.45. The molecule has 1 aliphatic carbocycles. The first-order chi connectivity index (χ1) is 17.0. The molecule has 3 heterocycles. The Balaban J connectivity index is 1.19. The highest BCUT2D eigenvalue weighted by molar-refractivity contribution is 7.89. The molecule has 1 saturated carbocycles. The van der Waals surface area contributed by atoms with Gasteiger partial charge in [0.15, 0.2) is 5.78 Å². The fraction of sp³-hybridized carbons (Fsp3) is 0.423. The van der Waals surface area contributed by atoms with Gasteiger partial charge in [-0.2, -0.15) is 4.31 Å². The number of Topliss-reactive ketones (excluding diaryl/α,β-unsaturated/α-hetero) is 1. The number of alkyl carbamates (subject to hydrolysis) is 1. The van der Waals surface area contributed by atoms with Crippen molar-refractivity contribution in [3.63, 3.8) is 0 Å². The number of ether oxygens (including phenoxy) is 1. The Morgan fingerprint density at radius 2 is 1.92 bits per heavy atom. The predicted molar refractivity (Wildman–Crippen MR) is 133 cm³/mol. The van der Waals surface area contributed by atoms with Crippen LogP contribution in [0.25, 0.3) is 5.65 Å². The Kier molecular flexibility index (Phi) is 5.91. The van der Waals surface area contributed by atoms with Gasteiger partial charge in [-0.05, 0) is 69.4 Å². The molecule has 2 fully saturated rings. The van der Waals surface area contributed by atoms with E-state index in [9.17, 15) is 18.0 Å². The first-order valence-electron chi connectivity index (χ1n) is 12.0. The number of aryl methyl sites for hydroxylation is 1. The zero-order chi connectivity index (χ0) is 25.7. The molecule has 2 atom stereocenters. The zero-order valence-electron chi connectivity index (χ0n) is 20.6. The second-order valence-corrected chi connectivity index (χ2v) is 12.6. The van der Waals surface area contributed by atoms with Crippen LogP contribution in [0.15, 0.2) is 59.9 Å². The van der Waals surface area contributed by atoms with Gasteiger partial charge >= 0.3 is 6.09 Å². The van der Waals surface area contributed by atoms with Crippen molar-refractivity contribution in [2.45, 2.75) is 56.1 Å². The molecular weight excluding hydrogens is 480 g/mol. The van der Waals surface area contributed by atoms with Gasteiger partial charge in [0, 0.05) is 43.7 Å². The van der Waals surface area contributed by atoms with E-state index in [4.69, 9.17) is 4.74 Å². The summed E-state index contributed by atoms with van der Waals surface area (Å²) in [6, 6.07) is 10.3. The van der Waals surface area contributed by atoms with Crippen molar-refractivity contribution < 1.29 is 22.7 Å². The second-order valence-electron chi connectivity index (χ2n) is 10.7. The average molecular weight is 511 g/mol. The van der Waals surface area contributed by atoms with E-state index in [1.54, 1.807) is 69.7 Å². The summed E-state index contributed by atoms with van der Waals surface area (Å²) in [5.41, 5.74) is 1.12. The van der Waals surface area contributed by atoms with E-state index in [0.717, 1.165) is 17.6 Å². The Morgan fingerprint density at radius 1 is 1.17 bits per heavy atom. The highest BCUT2D eigenvalue weighted by Crippen LogP contribution is 2.50. The fourth-order valence-electron chi connectivity index (χ4n) is 4.79. The lowest BCUT2D eigenvalue weighted by atomic mass is 10.0. The van der Waals surface area contributed by atoms with Gasteiger partial charge < -0.3 is 14.5 Å². The Bertz CT molecular complexity index is 1420. The molecule has 2 unspecified atom stereocenters. The fourth-order valence-corrected chi connectivity index (χ4v) is 6.34. The number of nitrogens with zero attached hydrogens (tertiary/aromatic N) is 3. The number of pyridine rings is 1. The molecule has 190 valence electrons. The van der Waals surface area contributed by atoms with Crippen LogP contribution in [-0.2, 0) is 21.2 Å². The van der Waals surface area contributed by atoms with E-state index >= 15 is 0 Å². The number of piperidine rings is 1. The molecule has 1 saturated heterocycles. The van der Waals surface area contributed by atoms with Crippen molar-refractivity contribution in [3.05, 3.63) is 66.1 Å². The van der Waals surface area contributed by atoms with E-state index < -0.39 is 27.3 Å². The molecule has 0 bridgehead atoms. The maximum absolute atomic E-state index is 13.2. The minimum atomic E-state index is -3.69. The normalized spacial score (nSPS) is 21.8. The number of aromatic nitrogens is 2. The summed E-state index contributed by atoms with van der Waals surface area (Å²) in [6.45, 7) is 5.98. The van der Waals surface area contributed by atoms with Gasteiger partial charge in [-0.15, -0.1) is 0 Å². The molecule has 1 N–H and O–H groups in total. The third kappa shape index (κ3) is 4.87. The highest BCUT2D eigenvalue weighted by atomic mass is 32.2. The lowest BCUT2D eigenvalue weighted by Gasteiger charge is -2.24. The minimum Gasteiger partial charge on any atom is -0.444 e. The minimum absolute atomic E-state index is 0.0152. The van der Waals surface area contributed by atoms with Gasteiger partial charge in [0.2, 0.25) is 10.0 Å². The van der Waals surface area contributed by atoms with Crippen LogP contribution in [0.4, 0.5) is 4.79 Å². The molecule has 1 amide bonds. The van der Waals surface area contributed by atoms with Crippen LogP contribution in [0.1, 0.15) is 49.5 Å². The molecule has 10 heteroatoms. The third-order valence-electron chi connectivity index (χ3n) is 6.78. The molecule has 3 aromatic rings. The van der Waals surface area contributed by atoms with Crippen molar-refractivity contribution in [1.29, 1.82) is 0 Å². The molecule has 2 aliphatic rings. The van der Waals surface area contributed by atoms with Crippen LogP contribution in [0.5, 0.6) is 0 Å². The van der Waals surface area contributed by atoms with Crippen LogP contribution >= 0.6 is 0 Å². The van der Waals surface area contributed by atoms with Crippen LogP contribution in [0, 0.1) is 5.92 Å². The number of hydrogen-bond donors (Lipinski definition) is 1. The first kappa shape index (κ1) is 24.5. The highest BCUT2D eigenvalue weighted by Gasteiger charge is 2.63. The molecule has 9 nitrogen and oxygen atoms in total. The smallest absolute Gasteiger partial charge is 0.408 e. The Labute approximate surface area is 210 Å². The van der Waals surface area contributed by atoms with Crippen molar-refractivity contribution >= 4 is 27.5 Å². The molecule has 5 rings (SSSR count). The van der Waals surface area contributed by atoms with Crippen LogP contribution in [0.2, 0.25) is 0 Å². The van der Waals surface area contributed by atoms with Gasteiger partial charge in [-0.25, -0.2) is 18.2 Å². The predicted octanol–water partition coefficient (Wildman–Crippen LogP) is 3.44. The number of amides is 1. The summed E-state index contributed by atoms with van der Waals surface area (Å²) < 4.78 is 35.0. The summed E-state index contributed by atoms with van der Waals surface area (Å²) in [6.07, 6.45) is 6.30. The summed E-state index contributed by atoms with van der Waals surface area (Å²) in [7, 11) is -3.69. The van der Waals surface area contributed by atoms with E-state index in [2.05, 4.69) is 10.3 Å². The van der Waals surface area contributed by atoms with E-state index in [1.807, 2.05) is 10.5 Å².